The summed E-state index contributed by atoms with van der Waals surface area (Å²) in [5.41, 5.74) is 1.53. The van der Waals surface area contributed by atoms with Crippen molar-refractivity contribution in [3.05, 3.63) is 82.0 Å². The second-order valence-electron chi connectivity index (χ2n) is 8.81. The molecule has 3 aromatic rings. The molecule has 1 aromatic heterocycles. The number of ketones is 1. The number of hydrogen-bond acceptors (Lipinski definition) is 7. The predicted octanol–water partition coefficient (Wildman–Crippen LogP) is 5.11. The molecule has 0 N–H and O–H groups in total. The van der Waals surface area contributed by atoms with Crippen LogP contribution in [0.2, 0.25) is 0 Å². The lowest BCUT2D eigenvalue weighted by Crippen LogP contribution is -2.38. The molecule has 180 valence electrons. The maximum absolute atomic E-state index is 14.7. The first-order chi connectivity index (χ1) is 16.9. The van der Waals surface area contributed by atoms with E-state index in [0.29, 0.717) is 30.1 Å². The number of halogens is 1. The number of thiophene rings is 1. The molecule has 0 spiro atoms. The molecule has 1 saturated carbocycles. The minimum atomic E-state index is -0.627. The Morgan fingerprint density at radius 3 is 2.54 bits per heavy atom. The monoisotopic (exact) mass is 493 g/mol. The molecule has 2 heterocycles. The number of carbonyl (C=O) groups excluding carboxylic acids is 3. The van der Waals surface area contributed by atoms with E-state index in [-0.39, 0.29) is 28.8 Å². The Balaban J connectivity index is 1.35. The third-order valence-corrected chi connectivity index (χ3v) is 7.36. The summed E-state index contributed by atoms with van der Waals surface area (Å²) in [5, 5.41) is 0.426. The van der Waals surface area contributed by atoms with Crippen LogP contribution in [0.5, 0.6) is 10.8 Å². The highest BCUT2D eigenvalue weighted by Gasteiger charge is 2.40. The van der Waals surface area contributed by atoms with E-state index in [1.807, 2.05) is 4.90 Å². The number of hydrogen-bond donors (Lipinski definition) is 0. The molecule has 5 rings (SSSR count). The van der Waals surface area contributed by atoms with Crippen LogP contribution in [0, 0.1) is 11.7 Å². The fourth-order valence-corrected chi connectivity index (χ4v) is 5.45. The molecule has 35 heavy (non-hydrogen) atoms. The third-order valence-electron chi connectivity index (χ3n) is 6.24. The van der Waals surface area contributed by atoms with E-state index in [2.05, 4.69) is 0 Å². The van der Waals surface area contributed by atoms with E-state index in [4.69, 9.17) is 9.47 Å². The summed E-state index contributed by atoms with van der Waals surface area (Å²) in [6.07, 6.45) is 2.39. The largest absolute Gasteiger partial charge is 0.426 e. The molecule has 0 unspecified atom stereocenters. The summed E-state index contributed by atoms with van der Waals surface area (Å²) in [5.74, 6) is -1.31. The van der Waals surface area contributed by atoms with Crippen LogP contribution in [0.1, 0.15) is 52.2 Å². The second kappa shape index (κ2) is 9.71. The molecule has 6 nitrogen and oxygen atoms in total. The molecule has 1 aliphatic carbocycles. The van der Waals surface area contributed by atoms with Crippen LogP contribution in [0.15, 0.2) is 54.6 Å². The summed E-state index contributed by atoms with van der Waals surface area (Å²) in [7, 11) is 0. The number of Topliss-reactive ketones (excluding diaryl/α,β-unsaturated/α-hetero) is 1. The van der Waals surface area contributed by atoms with Gasteiger partial charge in [-0.3, -0.25) is 14.5 Å². The highest BCUT2D eigenvalue weighted by molar-refractivity contribution is 7.14. The topological polar surface area (TPSA) is 72.9 Å². The van der Waals surface area contributed by atoms with Gasteiger partial charge < -0.3 is 9.47 Å². The van der Waals surface area contributed by atoms with Gasteiger partial charge in [0.15, 0.2) is 10.8 Å². The third kappa shape index (κ3) is 5.04. The maximum Gasteiger partial charge on any atom is 0.348 e. The number of ether oxygens (including phenoxy) is 2. The molecule has 1 atom stereocenters. The van der Waals surface area contributed by atoms with Gasteiger partial charge >= 0.3 is 11.9 Å². The summed E-state index contributed by atoms with van der Waals surface area (Å²) in [6, 6.07) is 14.1. The Morgan fingerprint density at radius 1 is 1.06 bits per heavy atom. The van der Waals surface area contributed by atoms with E-state index in [9.17, 15) is 18.8 Å². The molecule has 0 saturated heterocycles. The Bertz CT molecular complexity index is 1300. The van der Waals surface area contributed by atoms with E-state index in [1.54, 1.807) is 42.5 Å². The Hall–Kier alpha value is -3.36. The molecule has 1 aliphatic heterocycles. The van der Waals surface area contributed by atoms with Crippen LogP contribution in [0.4, 0.5) is 4.39 Å². The average Bonchev–Trinajstić information content (AvgIpc) is 3.60. The van der Waals surface area contributed by atoms with Gasteiger partial charge in [-0.2, -0.15) is 0 Å². The maximum atomic E-state index is 14.7. The smallest absolute Gasteiger partial charge is 0.348 e. The van der Waals surface area contributed by atoms with Gasteiger partial charge in [-0.1, -0.05) is 30.3 Å². The SMILES string of the molecule is CC(=O)Oc1ccccc1C(=O)Oc1cc2c(s1)CCN([C@@H](C(=O)C1CC1)c1ccccc1F)C2. The standard InChI is InChI=1S/C27H24FNO5S/c1-16(30)33-22-9-5-3-7-20(22)27(32)34-24-14-18-15-29(13-12-23(18)35-24)25(26(31)17-10-11-17)19-6-2-4-8-21(19)28/h2-9,14,17,25H,10-13,15H2,1H3/t25-/m1/s1. The van der Waals surface area contributed by atoms with Crippen molar-refractivity contribution in [1.29, 1.82) is 0 Å². The van der Waals surface area contributed by atoms with Gasteiger partial charge in [0.2, 0.25) is 0 Å². The molecule has 0 amide bonds. The number of fused-ring (bicyclic) bond motifs is 1. The zero-order valence-corrected chi connectivity index (χ0v) is 20.0. The van der Waals surface area contributed by atoms with Crippen molar-refractivity contribution in [2.24, 2.45) is 5.92 Å². The number of rotatable bonds is 7. The van der Waals surface area contributed by atoms with Gasteiger partial charge in [-0.05, 0) is 49.1 Å². The van der Waals surface area contributed by atoms with Gasteiger partial charge in [0.25, 0.3) is 0 Å². The molecular weight excluding hydrogens is 469 g/mol. The first-order valence-corrected chi connectivity index (χ1v) is 12.4. The number of benzene rings is 2. The molecule has 1 fully saturated rings. The Labute approximate surface area is 206 Å². The number of para-hydroxylation sites is 1. The minimum absolute atomic E-state index is 0.00252. The molecule has 0 bridgehead atoms. The zero-order chi connectivity index (χ0) is 24.5. The molecule has 0 radical (unpaired) electrons. The number of esters is 2. The number of carbonyl (C=O) groups is 3. The van der Waals surface area contributed by atoms with E-state index >= 15 is 0 Å². The zero-order valence-electron chi connectivity index (χ0n) is 19.2. The lowest BCUT2D eigenvalue weighted by atomic mass is 9.95. The number of nitrogens with zero attached hydrogens (tertiary/aromatic N) is 1. The second-order valence-corrected chi connectivity index (χ2v) is 9.91. The first kappa shape index (κ1) is 23.4. The van der Waals surface area contributed by atoms with Crippen molar-refractivity contribution in [1.82, 2.24) is 4.90 Å². The van der Waals surface area contributed by atoms with Gasteiger partial charge in [-0.25, -0.2) is 9.18 Å². The lowest BCUT2D eigenvalue weighted by Gasteiger charge is -2.34. The van der Waals surface area contributed by atoms with E-state index in [0.717, 1.165) is 23.3 Å². The first-order valence-electron chi connectivity index (χ1n) is 11.5. The van der Waals surface area contributed by atoms with Crippen LogP contribution < -0.4 is 9.47 Å². The van der Waals surface area contributed by atoms with E-state index < -0.39 is 18.0 Å². The fourth-order valence-electron chi connectivity index (χ4n) is 4.44. The summed E-state index contributed by atoms with van der Waals surface area (Å²) in [4.78, 5) is 40.4. The van der Waals surface area contributed by atoms with Crippen LogP contribution in [0.25, 0.3) is 0 Å². The van der Waals surface area contributed by atoms with Crippen LogP contribution in [-0.2, 0) is 22.6 Å². The van der Waals surface area contributed by atoms with Crippen molar-refractivity contribution >= 4 is 29.1 Å². The molecule has 8 heteroatoms. The summed E-state index contributed by atoms with van der Waals surface area (Å²) < 4.78 is 25.4. The average molecular weight is 494 g/mol. The predicted molar refractivity (Wildman–Crippen MR) is 128 cm³/mol. The normalized spacial score (nSPS) is 16.3. The minimum Gasteiger partial charge on any atom is -0.426 e. The van der Waals surface area contributed by atoms with Gasteiger partial charge in [0.1, 0.15) is 17.1 Å². The molecule has 2 aromatic carbocycles. The summed E-state index contributed by atoms with van der Waals surface area (Å²) >= 11 is 1.38. The lowest BCUT2D eigenvalue weighted by molar-refractivity contribution is -0.132. The fraction of sp³-hybridized carbons (Fsp3) is 0.296. The van der Waals surface area contributed by atoms with Gasteiger partial charge in [0, 0.05) is 36.4 Å². The quantitative estimate of drug-likeness (QED) is 0.336. The molecule has 2 aliphatic rings. The Morgan fingerprint density at radius 2 is 1.80 bits per heavy atom. The van der Waals surface area contributed by atoms with Gasteiger partial charge in [-0.15, -0.1) is 11.3 Å². The van der Waals surface area contributed by atoms with Crippen molar-refractivity contribution in [2.75, 3.05) is 6.54 Å². The van der Waals surface area contributed by atoms with Gasteiger partial charge in [0.05, 0.1) is 6.04 Å². The van der Waals surface area contributed by atoms with E-state index in [1.165, 1.54) is 30.4 Å². The van der Waals surface area contributed by atoms with Crippen molar-refractivity contribution in [2.45, 2.75) is 38.8 Å². The summed E-state index contributed by atoms with van der Waals surface area (Å²) in [6.45, 7) is 2.34. The Kier molecular flexibility index (Phi) is 6.49. The highest BCUT2D eigenvalue weighted by atomic mass is 32.1. The van der Waals surface area contributed by atoms with Crippen molar-refractivity contribution < 1.29 is 28.2 Å². The van der Waals surface area contributed by atoms with Crippen LogP contribution in [-0.4, -0.2) is 29.2 Å². The van der Waals surface area contributed by atoms with Crippen LogP contribution in [0.3, 0.4) is 0 Å². The van der Waals surface area contributed by atoms with Crippen molar-refractivity contribution in [3.8, 4) is 10.8 Å². The highest BCUT2D eigenvalue weighted by Crippen LogP contribution is 2.41. The molecular formula is C27H24FNO5S. The van der Waals surface area contributed by atoms with Crippen LogP contribution >= 0.6 is 11.3 Å². The van der Waals surface area contributed by atoms with Crippen molar-refractivity contribution in [3.63, 3.8) is 0 Å².